The molecular formula is C26H25NO5. The molecule has 1 aromatic heterocycles. The van der Waals surface area contributed by atoms with Gasteiger partial charge in [0.25, 0.3) is 0 Å². The molecule has 0 saturated heterocycles. The zero-order valence-corrected chi connectivity index (χ0v) is 18.3. The van der Waals surface area contributed by atoms with Gasteiger partial charge in [0.05, 0.1) is 26.3 Å². The Morgan fingerprint density at radius 3 is 2.28 bits per heavy atom. The average molecular weight is 431 g/mol. The van der Waals surface area contributed by atoms with Gasteiger partial charge in [-0.05, 0) is 42.3 Å². The number of nitrogens with one attached hydrogen (secondary N) is 1. The number of H-pyrrole nitrogens is 1. The Bertz CT molecular complexity index is 1240. The average Bonchev–Trinajstić information content (AvgIpc) is 3.14. The van der Waals surface area contributed by atoms with E-state index in [0.717, 1.165) is 38.9 Å². The van der Waals surface area contributed by atoms with Gasteiger partial charge in [0.1, 0.15) is 6.61 Å². The second-order valence-electron chi connectivity index (χ2n) is 7.58. The minimum Gasteiger partial charge on any atom is -0.493 e. The molecule has 0 aliphatic carbocycles. The van der Waals surface area contributed by atoms with Crippen molar-refractivity contribution in [3.63, 3.8) is 0 Å². The molecule has 164 valence electrons. The maximum atomic E-state index is 11.6. The van der Waals surface area contributed by atoms with Crippen molar-refractivity contribution in [2.24, 2.45) is 0 Å². The van der Waals surface area contributed by atoms with Gasteiger partial charge in [0.15, 0.2) is 11.5 Å². The molecular weight excluding hydrogens is 406 g/mol. The topological polar surface area (TPSA) is 80.8 Å². The van der Waals surface area contributed by atoms with Crippen molar-refractivity contribution >= 4 is 16.9 Å². The van der Waals surface area contributed by atoms with E-state index in [-0.39, 0.29) is 6.42 Å². The zero-order valence-electron chi connectivity index (χ0n) is 18.3. The minimum absolute atomic E-state index is 0.102. The van der Waals surface area contributed by atoms with Crippen LogP contribution in [0.2, 0.25) is 0 Å². The second-order valence-corrected chi connectivity index (χ2v) is 7.58. The Morgan fingerprint density at radius 1 is 0.969 bits per heavy atom. The Hall–Kier alpha value is -3.93. The van der Waals surface area contributed by atoms with E-state index in [1.54, 1.807) is 14.2 Å². The maximum absolute atomic E-state index is 11.6. The Labute approximate surface area is 186 Å². The number of hydrogen-bond donors (Lipinski definition) is 2. The molecule has 1 heterocycles. The van der Waals surface area contributed by atoms with E-state index in [1.807, 2.05) is 67.6 Å². The normalized spacial score (nSPS) is 10.8. The molecule has 0 amide bonds. The first-order valence-corrected chi connectivity index (χ1v) is 10.3. The number of carboxylic acids is 1. The van der Waals surface area contributed by atoms with Crippen LogP contribution in [0, 0.1) is 6.92 Å². The molecule has 4 aromatic rings. The number of methoxy groups -OCH3 is 2. The quantitative estimate of drug-likeness (QED) is 0.392. The molecule has 0 aliphatic heterocycles. The largest absolute Gasteiger partial charge is 0.493 e. The highest BCUT2D eigenvalue weighted by atomic mass is 16.5. The first-order valence-electron chi connectivity index (χ1n) is 10.3. The number of rotatable bonds is 8. The molecule has 0 unspecified atom stereocenters. The fourth-order valence-electron chi connectivity index (χ4n) is 3.84. The number of benzene rings is 3. The number of aromatic amines is 1. The van der Waals surface area contributed by atoms with Gasteiger partial charge in [-0.1, -0.05) is 42.0 Å². The van der Waals surface area contributed by atoms with E-state index in [2.05, 4.69) is 4.98 Å². The number of fused-ring (bicyclic) bond motifs is 1. The van der Waals surface area contributed by atoms with Crippen molar-refractivity contribution in [3.8, 4) is 28.5 Å². The molecule has 0 aliphatic rings. The molecule has 4 rings (SSSR count). The summed E-state index contributed by atoms with van der Waals surface area (Å²) in [5.74, 6) is 0.613. The van der Waals surface area contributed by atoms with Gasteiger partial charge in [-0.15, -0.1) is 0 Å². The highest BCUT2D eigenvalue weighted by Crippen LogP contribution is 2.43. The summed E-state index contributed by atoms with van der Waals surface area (Å²) in [6.45, 7) is 2.35. The number of carbonyl (C=O) groups is 1. The minimum atomic E-state index is -0.893. The van der Waals surface area contributed by atoms with Crippen LogP contribution in [0.3, 0.4) is 0 Å². The van der Waals surface area contributed by atoms with Gasteiger partial charge < -0.3 is 24.3 Å². The summed E-state index contributed by atoms with van der Waals surface area (Å²) >= 11 is 0. The van der Waals surface area contributed by atoms with E-state index in [4.69, 9.17) is 14.2 Å². The Morgan fingerprint density at radius 2 is 1.66 bits per heavy atom. The van der Waals surface area contributed by atoms with Crippen molar-refractivity contribution in [1.29, 1.82) is 0 Å². The van der Waals surface area contributed by atoms with Gasteiger partial charge in [0.2, 0.25) is 5.75 Å². The Kier molecular flexibility index (Phi) is 6.03. The van der Waals surface area contributed by atoms with Crippen LogP contribution >= 0.6 is 0 Å². The van der Waals surface area contributed by atoms with Crippen LogP contribution in [-0.2, 0) is 17.8 Å². The maximum Gasteiger partial charge on any atom is 0.307 e. The summed E-state index contributed by atoms with van der Waals surface area (Å²) < 4.78 is 17.3. The van der Waals surface area contributed by atoms with Crippen LogP contribution in [0.15, 0.2) is 60.7 Å². The summed E-state index contributed by atoms with van der Waals surface area (Å²) in [6, 6.07) is 19.5. The van der Waals surface area contributed by atoms with Crippen LogP contribution in [0.1, 0.15) is 16.7 Å². The lowest BCUT2D eigenvalue weighted by atomic mass is 10.0. The number of ether oxygens (including phenoxy) is 3. The molecule has 0 radical (unpaired) electrons. The fourth-order valence-corrected chi connectivity index (χ4v) is 3.84. The smallest absolute Gasteiger partial charge is 0.307 e. The lowest BCUT2D eigenvalue weighted by molar-refractivity contribution is -0.136. The molecule has 0 saturated carbocycles. The fraction of sp³-hybridized carbons (Fsp3) is 0.192. The van der Waals surface area contributed by atoms with Gasteiger partial charge >= 0.3 is 5.97 Å². The molecule has 6 nitrogen and oxygen atoms in total. The zero-order chi connectivity index (χ0) is 22.7. The standard InChI is InChI=1S/C26H25NO5/c1-16-9-10-21-19(11-16)20(14-24(28)29)25(27-21)18-12-22(30-2)26(23(13-18)31-3)32-15-17-7-5-4-6-8-17/h4-13,27H,14-15H2,1-3H3,(H,28,29). The predicted octanol–water partition coefficient (Wildman–Crippen LogP) is 5.37. The third-order valence-electron chi connectivity index (χ3n) is 5.36. The predicted molar refractivity (Wildman–Crippen MR) is 124 cm³/mol. The second kappa shape index (κ2) is 9.06. The van der Waals surface area contributed by atoms with E-state index in [9.17, 15) is 9.90 Å². The Balaban J connectivity index is 1.80. The monoisotopic (exact) mass is 431 g/mol. The van der Waals surface area contributed by atoms with Gasteiger partial charge in [0, 0.05) is 16.5 Å². The lowest BCUT2D eigenvalue weighted by Gasteiger charge is -2.16. The molecule has 0 fully saturated rings. The number of aryl methyl sites for hydroxylation is 1. The number of carboxylic acid groups (broad SMARTS) is 1. The lowest BCUT2D eigenvalue weighted by Crippen LogP contribution is -2.02. The molecule has 32 heavy (non-hydrogen) atoms. The number of aliphatic carboxylic acids is 1. The van der Waals surface area contributed by atoms with Crippen molar-refractivity contribution in [2.75, 3.05) is 14.2 Å². The van der Waals surface area contributed by atoms with E-state index < -0.39 is 5.97 Å². The molecule has 3 aromatic carbocycles. The van der Waals surface area contributed by atoms with Crippen molar-refractivity contribution in [3.05, 3.63) is 77.4 Å². The van der Waals surface area contributed by atoms with Gasteiger partial charge in [-0.25, -0.2) is 0 Å². The van der Waals surface area contributed by atoms with Gasteiger partial charge in [-0.3, -0.25) is 4.79 Å². The third kappa shape index (κ3) is 4.25. The first kappa shape index (κ1) is 21.3. The molecule has 6 heteroatoms. The van der Waals surface area contributed by atoms with Crippen LogP contribution in [0.4, 0.5) is 0 Å². The number of hydrogen-bond acceptors (Lipinski definition) is 4. The first-order chi connectivity index (χ1) is 15.5. The third-order valence-corrected chi connectivity index (χ3v) is 5.36. The van der Waals surface area contributed by atoms with Gasteiger partial charge in [-0.2, -0.15) is 0 Å². The molecule has 2 N–H and O–H groups in total. The van der Waals surface area contributed by atoms with Crippen LogP contribution in [-0.4, -0.2) is 30.3 Å². The summed E-state index contributed by atoms with van der Waals surface area (Å²) in [5.41, 5.74) is 5.17. The summed E-state index contributed by atoms with van der Waals surface area (Å²) in [7, 11) is 3.14. The van der Waals surface area contributed by atoms with Crippen LogP contribution in [0.5, 0.6) is 17.2 Å². The van der Waals surface area contributed by atoms with Crippen molar-refractivity contribution in [2.45, 2.75) is 20.0 Å². The van der Waals surface area contributed by atoms with Crippen molar-refractivity contribution < 1.29 is 24.1 Å². The number of aromatic nitrogens is 1. The summed E-state index contributed by atoms with van der Waals surface area (Å²) in [6.07, 6.45) is -0.102. The van der Waals surface area contributed by atoms with E-state index in [0.29, 0.717) is 23.9 Å². The summed E-state index contributed by atoms with van der Waals surface area (Å²) in [4.78, 5) is 15.0. The molecule has 0 spiro atoms. The van der Waals surface area contributed by atoms with E-state index in [1.165, 1.54) is 0 Å². The summed E-state index contributed by atoms with van der Waals surface area (Å²) in [5, 5.41) is 10.4. The van der Waals surface area contributed by atoms with Crippen molar-refractivity contribution in [1.82, 2.24) is 4.98 Å². The SMILES string of the molecule is COc1cc(-c2[nH]c3ccc(C)cc3c2CC(=O)O)cc(OC)c1OCc1ccccc1. The molecule has 0 atom stereocenters. The van der Waals surface area contributed by atoms with Crippen LogP contribution < -0.4 is 14.2 Å². The molecule has 0 bridgehead atoms. The highest BCUT2D eigenvalue weighted by Gasteiger charge is 2.21. The van der Waals surface area contributed by atoms with Crippen LogP contribution in [0.25, 0.3) is 22.2 Å². The van der Waals surface area contributed by atoms with E-state index >= 15 is 0 Å². The highest BCUT2D eigenvalue weighted by molar-refractivity contribution is 5.94.